The van der Waals surface area contributed by atoms with Gasteiger partial charge in [-0.25, -0.2) is 8.78 Å². The zero-order valence-electron chi connectivity index (χ0n) is 14.9. The molecule has 0 saturated carbocycles. The molecular weight excluding hydrogens is 354 g/mol. The molecule has 1 atom stereocenters. The highest BCUT2D eigenvalue weighted by Crippen LogP contribution is 2.27. The minimum absolute atomic E-state index is 0.118. The van der Waals surface area contributed by atoms with Gasteiger partial charge in [0.05, 0.1) is 14.1 Å². The second-order valence-electron chi connectivity index (χ2n) is 6.37. The molecule has 0 spiro atoms. The molecule has 0 aliphatic carbocycles. The minimum atomic E-state index is -0.282. The Balaban J connectivity index is 1.93. The number of thioether (sulfide) groups is 1. The Morgan fingerprint density at radius 3 is 2.12 bits per heavy atom. The predicted octanol–water partition coefficient (Wildman–Crippen LogP) is 3.04. The third kappa shape index (κ3) is 4.11. The first-order valence-electron chi connectivity index (χ1n) is 8.34. The molecule has 0 aliphatic heterocycles. The highest BCUT2D eigenvalue weighted by molar-refractivity contribution is 7.98. The van der Waals surface area contributed by atoms with Crippen LogP contribution in [0.3, 0.4) is 0 Å². The largest absolute Gasteiger partial charge is 0.331 e. The van der Waals surface area contributed by atoms with E-state index >= 15 is 0 Å². The zero-order chi connectivity index (χ0) is 18.7. The molecule has 3 aromatic rings. The molecule has 0 fully saturated rings. The third-order valence-electron chi connectivity index (χ3n) is 4.28. The highest BCUT2D eigenvalue weighted by Gasteiger charge is 2.23. The van der Waals surface area contributed by atoms with Gasteiger partial charge in [0.2, 0.25) is 0 Å². The Morgan fingerprint density at radius 1 is 0.962 bits per heavy atom. The van der Waals surface area contributed by atoms with E-state index in [9.17, 15) is 8.78 Å². The second kappa shape index (κ2) is 7.97. The zero-order valence-corrected chi connectivity index (χ0v) is 15.7. The molecule has 1 heterocycles. The first kappa shape index (κ1) is 18.5. The quantitative estimate of drug-likeness (QED) is 0.673. The molecule has 1 aromatic heterocycles. The van der Waals surface area contributed by atoms with Gasteiger partial charge in [-0.1, -0.05) is 23.9 Å². The van der Waals surface area contributed by atoms with Crippen LogP contribution in [0.1, 0.15) is 24.4 Å². The van der Waals surface area contributed by atoms with Crippen LogP contribution in [-0.2, 0) is 5.75 Å². The number of halogens is 2. The fourth-order valence-electron chi connectivity index (χ4n) is 2.47. The number of hydrogen-bond acceptors (Lipinski definition) is 3. The number of rotatable bonds is 6. The molecule has 1 N–H and O–H groups in total. The van der Waals surface area contributed by atoms with Crippen LogP contribution in [0, 0.1) is 11.6 Å². The monoisotopic (exact) mass is 375 g/mol. The maximum Gasteiger partial charge on any atom is 0.196 e. The number of nitrogens with zero attached hydrogens (tertiary/aromatic N) is 3. The molecule has 0 aliphatic rings. The van der Waals surface area contributed by atoms with E-state index in [1.807, 2.05) is 4.57 Å². The molecule has 3 rings (SSSR count). The number of quaternary nitrogens is 1. The van der Waals surface area contributed by atoms with E-state index in [4.69, 9.17) is 0 Å². The summed E-state index contributed by atoms with van der Waals surface area (Å²) < 4.78 is 28.4. The summed E-state index contributed by atoms with van der Waals surface area (Å²) in [7, 11) is 4.11. The van der Waals surface area contributed by atoms with Crippen LogP contribution in [0.15, 0.2) is 53.7 Å². The molecule has 26 heavy (non-hydrogen) atoms. The van der Waals surface area contributed by atoms with Gasteiger partial charge in [0.25, 0.3) is 0 Å². The van der Waals surface area contributed by atoms with Gasteiger partial charge in [-0.2, -0.15) is 0 Å². The van der Waals surface area contributed by atoms with Crippen molar-refractivity contribution in [3.63, 3.8) is 0 Å². The standard InChI is InChI=1S/C19H20F2N4S/c1-13(24(2)3)18-22-23-19(25(18)17-10-8-16(21)9-11-17)26-12-14-4-6-15(20)7-5-14/h4-11,13H,12H2,1-3H3/p+1/t13-/m0/s1. The summed E-state index contributed by atoms with van der Waals surface area (Å²) in [5, 5.41) is 9.45. The van der Waals surface area contributed by atoms with Crippen molar-refractivity contribution in [3.8, 4) is 5.69 Å². The van der Waals surface area contributed by atoms with Crippen molar-refractivity contribution in [2.45, 2.75) is 23.9 Å². The van der Waals surface area contributed by atoms with E-state index in [2.05, 4.69) is 31.2 Å². The van der Waals surface area contributed by atoms with E-state index in [0.717, 1.165) is 22.2 Å². The third-order valence-corrected chi connectivity index (χ3v) is 5.28. The van der Waals surface area contributed by atoms with Crippen molar-refractivity contribution in [1.82, 2.24) is 14.8 Å². The van der Waals surface area contributed by atoms with Gasteiger partial charge in [0.15, 0.2) is 11.0 Å². The van der Waals surface area contributed by atoms with Gasteiger partial charge >= 0.3 is 0 Å². The molecule has 0 unspecified atom stereocenters. The number of nitrogens with one attached hydrogen (secondary N) is 1. The maximum absolute atomic E-state index is 13.3. The summed E-state index contributed by atoms with van der Waals surface area (Å²) in [6.07, 6.45) is 0. The minimum Gasteiger partial charge on any atom is -0.331 e. The lowest BCUT2D eigenvalue weighted by Gasteiger charge is -2.18. The van der Waals surface area contributed by atoms with Crippen molar-refractivity contribution in [2.24, 2.45) is 0 Å². The topological polar surface area (TPSA) is 35.1 Å². The van der Waals surface area contributed by atoms with E-state index in [1.54, 1.807) is 24.3 Å². The second-order valence-corrected chi connectivity index (χ2v) is 7.31. The Morgan fingerprint density at radius 2 is 1.54 bits per heavy atom. The first-order chi connectivity index (χ1) is 12.5. The fourth-order valence-corrected chi connectivity index (χ4v) is 3.39. The molecule has 0 amide bonds. The summed E-state index contributed by atoms with van der Waals surface area (Å²) in [5.74, 6) is 0.926. The lowest BCUT2D eigenvalue weighted by Crippen LogP contribution is -3.05. The summed E-state index contributed by atoms with van der Waals surface area (Å²) in [6, 6.07) is 12.8. The van der Waals surface area contributed by atoms with Crippen molar-refractivity contribution in [1.29, 1.82) is 0 Å². The van der Waals surface area contributed by atoms with Crippen LogP contribution in [0.2, 0.25) is 0 Å². The van der Waals surface area contributed by atoms with Crippen molar-refractivity contribution in [2.75, 3.05) is 14.1 Å². The number of aromatic nitrogens is 3. The molecule has 7 heteroatoms. The average molecular weight is 375 g/mol. The molecule has 0 radical (unpaired) electrons. The van der Waals surface area contributed by atoms with Crippen LogP contribution >= 0.6 is 11.8 Å². The predicted molar refractivity (Wildman–Crippen MR) is 98.5 cm³/mol. The summed E-state index contributed by atoms with van der Waals surface area (Å²) in [5.41, 5.74) is 1.82. The smallest absolute Gasteiger partial charge is 0.196 e. The molecule has 0 saturated heterocycles. The van der Waals surface area contributed by atoms with Gasteiger partial charge in [0, 0.05) is 11.4 Å². The molecule has 136 valence electrons. The summed E-state index contributed by atoms with van der Waals surface area (Å²) in [6.45, 7) is 2.08. The van der Waals surface area contributed by atoms with E-state index in [0.29, 0.717) is 5.75 Å². The van der Waals surface area contributed by atoms with Gasteiger partial charge < -0.3 is 4.90 Å². The Labute approximate surface area is 155 Å². The fraction of sp³-hybridized carbons (Fsp3) is 0.263. The van der Waals surface area contributed by atoms with Crippen LogP contribution < -0.4 is 4.90 Å². The first-order valence-corrected chi connectivity index (χ1v) is 9.33. The van der Waals surface area contributed by atoms with Crippen molar-refractivity contribution >= 4 is 11.8 Å². The lowest BCUT2D eigenvalue weighted by molar-refractivity contribution is -0.890. The molecule has 4 nitrogen and oxygen atoms in total. The normalized spacial score (nSPS) is 12.5. The van der Waals surface area contributed by atoms with E-state index in [1.165, 1.54) is 40.9 Å². The maximum atomic E-state index is 13.3. The number of hydrogen-bond donors (Lipinski definition) is 1. The number of benzene rings is 2. The SMILES string of the molecule is C[C@@H](c1nnc(SCc2ccc(F)cc2)n1-c1ccc(F)cc1)[NH+](C)C. The average Bonchev–Trinajstić information content (AvgIpc) is 3.05. The van der Waals surface area contributed by atoms with Gasteiger partial charge in [-0.05, 0) is 48.9 Å². The molecule has 0 bridgehead atoms. The molecular formula is C19H21F2N4S+. The van der Waals surface area contributed by atoms with Crippen LogP contribution in [0.5, 0.6) is 0 Å². The Kier molecular flexibility index (Phi) is 5.68. The Bertz CT molecular complexity index is 860. The van der Waals surface area contributed by atoms with Gasteiger partial charge in [-0.15, -0.1) is 10.2 Å². The van der Waals surface area contributed by atoms with Crippen LogP contribution in [-0.4, -0.2) is 28.9 Å². The van der Waals surface area contributed by atoms with Crippen molar-refractivity contribution < 1.29 is 13.7 Å². The summed E-state index contributed by atoms with van der Waals surface area (Å²) in [4.78, 5) is 1.22. The Hall–Kier alpha value is -2.25. The van der Waals surface area contributed by atoms with E-state index in [-0.39, 0.29) is 17.7 Å². The molecule has 2 aromatic carbocycles. The van der Waals surface area contributed by atoms with Crippen LogP contribution in [0.25, 0.3) is 5.69 Å². The lowest BCUT2D eigenvalue weighted by atomic mass is 10.2. The summed E-state index contributed by atoms with van der Waals surface area (Å²) >= 11 is 1.52. The van der Waals surface area contributed by atoms with Gasteiger partial charge in [-0.3, -0.25) is 4.57 Å². The van der Waals surface area contributed by atoms with Crippen LogP contribution in [0.4, 0.5) is 8.78 Å². The van der Waals surface area contributed by atoms with Gasteiger partial charge in [0.1, 0.15) is 17.7 Å². The van der Waals surface area contributed by atoms with Crippen molar-refractivity contribution in [3.05, 3.63) is 71.6 Å². The highest BCUT2D eigenvalue weighted by atomic mass is 32.2. The van der Waals surface area contributed by atoms with E-state index < -0.39 is 0 Å².